The average molecular weight is 422 g/mol. The molecule has 1 amide bonds. The van der Waals surface area contributed by atoms with Crippen LogP contribution in [0.5, 0.6) is 17.2 Å². The summed E-state index contributed by atoms with van der Waals surface area (Å²) in [5.74, 6) is 0.792. The van der Waals surface area contributed by atoms with Crippen molar-refractivity contribution in [2.45, 2.75) is 33.4 Å². The molecule has 2 aromatic carbocycles. The van der Waals surface area contributed by atoms with Gasteiger partial charge in [-0.05, 0) is 50.6 Å². The van der Waals surface area contributed by atoms with Crippen LogP contribution in [0.1, 0.15) is 36.7 Å². The number of rotatable bonds is 9. The third-order valence-corrected chi connectivity index (χ3v) is 5.53. The molecule has 0 bridgehead atoms. The van der Waals surface area contributed by atoms with E-state index in [1.807, 2.05) is 13.8 Å². The van der Waals surface area contributed by atoms with Crippen LogP contribution in [0.25, 0.3) is 0 Å². The summed E-state index contributed by atoms with van der Waals surface area (Å²) in [4.78, 5) is 15.0. The van der Waals surface area contributed by atoms with E-state index in [0.717, 1.165) is 5.56 Å². The second kappa shape index (κ2) is 9.65. The Balaban J connectivity index is 2.29. The maximum absolute atomic E-state index is 13.3. The molecule has 0 heterocycles. The largest absolute Gasteiger partial charge is 0.496 e. The van der Waals surface area contributed by atoms with E-state index in [1.165, 1.54) is 21.1 Å². The molecule has 0 aliphatic carbocycles. The molecule has 0 saturated carbocycles. The molecule has 0 fully saturated rings. The molecule has 0 radical (unpaired) electrons. The van der Waals surface area contributed by atoms with Crippen LogP contribution in [0.15, 0.2) is 42.5 Å². The Morgan fingerprint density at radius 2 is 1.55 bits per heavy atom. The molecule has 0 aromatic heterocycles. The zero-order chi connectivity index (χ0) is 21.6. The molecule has 29 heavy (non-hydrogen) atoms. The smallest absolute Gasteiger partial charge is 0.308 e. The van der Waals surface area contributed by atoms with Crippen LogP contribution in [-0.2, 0) is 16.7 Å². The minimum atomic E-state index is -3.58. The Morgan fingerprint density at radius 1 is 1.00 bits per heavy atom. The van der Waals surface area contributed by atoms with Crippen molar-refractivity contribution in [3.05, 3.63) is 53.6 Å². The summed E-state index contributed by atoms with van der Waals surface area (Å²) in [6.45, 7) is 5.69. The SMILES string of the molecule is CCS(=O)(=O)Oc1ccc(CN(C(=O)c2c(OC)cccc2OC)C(C)C)cc1. The minimum absolute atomic E-state index is 0.0893. The van der Waals surface area contributed by atoms with Gasteiger partial charge in [0.25, 0.3) is 5.91 Å². The molecular weight excluding hydrogens is 394 g/mol. The predicted octanol–water partition coefficient (Wildman–Crippen LogP) is 3.48. The molecule has 0 unspecified atom stereocenters. The van der Waals surface area contributed by atoms with Crippen LogP contribution < -0.4 is 13.7 Å². The summed E-state index contributed by atoms with van der Waals surface area (Å²) in [5, 5.41) is 0. The number of amides is 1. The Morgan fingerprint density at radius 3 is 2.00 bits per heavy atom. The van der Waals surface area contributed by atoms with Crippen LogP contribution in [0.3, 0.4) is 0 Å². The van der Waals surface area contributed by atoms with Crippen molar-refractivity contribution in [2.24, 2.45) is 0 Å². The Bertz CT molecular complexity index is 916. The van der Waals surface area contributed by atoms with Gasteiger partial charge in [0.15, 0.2) is 0 Å². The lowest BCUT2D eigenvalue weighted by atomic mass is 10.1. The molecule has 7 nitrogen and oxygen atoms in total. The number of nitrogens with zero attached hydrogens (tertiary/aromatic N) is 1. The van der Waals surface area contributed by atoms with Gasteiger partial charge in [-0.15, -0.1) is 0 Å². The van der Waals surface area contributed by atoms with E-state index < -0.39 is 10.1 Å². The Kier molecular flexibility index (Phi) is 7.50. The van der Waals surface area contributed by atoms with Gasteiger partial charge in [-0.25, -0.2) is 0 Å². The second-order valence-electron chi connectivity index (χ2n) is 6.64. The fourth-order valence-corrected chi connectivity index (χ4v) is 3.27. The van der Waals surface area contributed by atoms with Crippen molar-refractivity contribution in [1.29, 1.82) is 0 Å². The molecule has 8 heteroatoms. The van der Waals surface area contributed by atoms with Gasteiger partial charge in [0.05, 0.1) is 20.0 Å². The summed E-state index contributed by atoms with van der Waals surface area (Å²) in [7, 11) is -0.563. The maximum Gasteiger partial charge on any atom is 0.308 e. The highest BCUT2D eigenvalue weighted by Crippen LogP contribution is 2.30. The van der Waals surface area contributed by atoms with Crippen LogP contribution >= 0.6 is 0 Å². The first-order valence-corrected chi connectivity index (χ1v) is 10.8. The minimum Gasteiger partial charge on any atom is -0.496 e. The number of methoxy groups -OCH3 is 2. The monoisotopic (exact) mass is 421 g/mol. The first-order chi connectivity index (χ1) is 13.7. The highest BCUT2D eigenvalue weighted by molar-refractivity contribution is 7.87. The van der Waals surface area contributed by atoms with Gasteiger partial charge >= 0.3 is 10.1 Å². The number of hydrogen-bond donors (Lipinski definition) is 0. The van der Waals surface area contributed by atoms with Gasteiger partial charge in [0.2, 0.25) is 0 Å². The van der Waals surface area contributed by atoms with Gasteiger partial charge in [-0.3, -0.25) is 4.79 Å². The van der Waals surface area contributed by atoms with Crippen molar-refractivity contribution in [2.75, 3.05) is 20.0 Å². The molecule has 0 spiro atoms. The van der Waals surface area contributed by atoms with E-state index in [4.69, 9.17) is 13.7 Å². The van der Waals surface area contributed by atoms with E-state index in [0.29, 0.717) is 23.6 Å². The van der Waals surface area contributed by atoms with Crippen LogP contribution in [-0.4, -0.2) is 45.2 Å². The zero-order valence-corrected chi connectivity index (χ0v) is 18.2. The normalized spacial score (nSPS) is 11.2. The maximum atomic E-state index is 13.3. The molecule has 0 saturated heterocycles. The number of carbonyl (C=O) groups excluding carboxylic acids is 1. The van der Waals surface area contributed by atoms with Gasteiger partial charge in [0, 0.05) is 12.6 Å². The summed E-state index contributed by atoms with van der Waals surface area (Å²) >= 11 is 0. The summed E-state index contributed by atoms with van der Waals surface area (Å²) in [5.41, 5.74) is 1.20. The lowest BCUT2D eigenvalue weighted by molar-refractivity contribution is 0.0683. The van der Waals surface area contributed by atoms with E-state index in [2.05, 4.69) is 0 Å². The van der Waals surface area contributed by atoms with Gasteiger partial charge in [0.1, 0.15) is 22.8 Å². The molecule has 158 valence electrons. The Hall–Kier alpha value is -2.74. The number of carbonyl (C=O) groups is 1. The standard InChI is InChI=1S/C21H27NO6S/c1-6-29(24,25)28-17-12-10-16(11-13-17)14-22(15(2)3)21(23)20-18(26-4)8-7-9-19(20)27-5/h7-13,15H,6,14H2,1-5H3. The third kappa shape index (κ3) is 5.63. The summed E-state index contributed by atoms with van der Waals surface area (Å²) in [6, 6.07) is 11.7. The van der Waals surface area contributed by atoms with E-state index in [9.17, 15) is 13.2 Å². The zero-order valence-electron chi connectivity index (χ0n) is 17.3. The molecule has 0 aliphatic rings. The molecular formula is C21H27NO6S. The van der Waals surface area contributed by atoms with E-state index >= 15 is 0 Å². The highest BCUT2D eigenvalue weighted by atomic mass is 32.2. The van der Waals surface area contributed by atoms with Crippen molar-refractivity contribution in [3.8, 4) is 17.2 Å². The van der Waals surface area contributed by atoms with E-state index in [1.54, 1.807) is 47.4 Å². The molecule has 0 N–H and O–H groups in total. The molecule has 0 atom stereocenters. The second-order valence-corrected chi connectivity index (χ2v) is 8.50. The number of ether oxygens (including phenoxy) is 2. The highest BCUT2D eigenvalue weighted by Gasteiger charge is 2.26. The quantitative estimate of drug-likeness (QED) is 0.577. The molecule has 0 aliphatic heterocycles. The molecule has 2 rings (SSSR count). The Labute approximate surface area is 172 Å². The van der Waals surface area contributed by atoms with Crippen molar-refractivity contribution < 1.29 is 26.9 Å². The van der Waals surface area contributed by atoms with Crippen LogP contribution in [0.2, 0.25) is 0 Å². The lowest BCUT2D eigenvalue weighted by Gasteiger charge is -2.28. The first-order valence-electron chi connectivity index (χ1n) is 9.25. The lowest BCUT2D eigenvalue weighted by Crippen LogP contribution is -2.36. The van der Waals surface area contributed by atoms with Gasteiger partial charge in [-0.1, -0.05) is 18.2 Å². The van der Waals surface area contributed by atoms with Gasteiger partial charge < -0.3 is 18.6 Å². The van der Waals surface area contributed by atoms with Crippen molar-refractivity contribution in [1.82, 2.24) is 4.90 Å². The van der Waals surface area contributed by atoms with Crippen LogP contribution in [0.4, 0.5) is 0 Å². The average Bonchev–Trinajstić information content (AvgIpc) is 2.71. The number of benzene rings is 2. The fraction of sp³-hybridized carbons (Fsp3) is 0.381. The van der Waals surface area contributed by atoms with Crippen molar-refractivity contribution in [3.63, 3.8) is 0 Å². The fourth-order valence-electron chi connectivity index (χ4n) is 2.75. The van der Waals surface area contributed by atoms with Crippen molar-refractivity contribution >= 4 is 16.0 Å². The van der Waals surface area contributed by atoms with Gasteiger partial charge in [-0.2, -0.15) is 8.42 Å². The third-order valence-electron chi connectivity index (χ3n) is 4.38. The van der Waals surface area contributed by atoms with E-state index in [-0.39, 0.29) is 23.5 Å². The number of hydrogen-bond acceptors (Lipinski definition) is 6. The predicted molar refractivity (Wildman–Crippen MR) is 111 cm³/mol. The molecule has 2 aromatic rings. The topological polar surface area (TPSA) is 82.1 Å². The summed E-state index contributed by atoms with van der Waals surface area (Å²) in [6.07, 6.45) is 0. The first kappa shape index (κ1) is 22.5. The summed E-state index contributed by atoms with van der Waals surface area (Å²) < 4.78 is 38.9. The van der Waals surface area contributed by atoms with Crippen LogP contribution in [0, 0.1) is 0 Å².